The van der Waals surface area contributed by atoms with Gasteiger partial charge in [-0.1, -0.05) is 23.8 Å². The van der Waals surface area contributed by atoms with Crippen LogP contribution in [-0.2, 0) is 6.54 Å². The zero-order valence-corrected chi connectivity index (χ0v) is 13.8. The van der Waals surface area contributed by atoms with E-state index in [2.05, 4.69) is 15.5 Å². The van der Waals surface area contributed by atoms with Gasteiger partial charge in [-0.3, -0.25) is 9.89 Å². The van der Waals surface area contributed by atoms with Crippen LogP contribution in [0.15, 0.2) is 36.4 Å². The summed E-state index contributed by atoms with van der Waals surface area (Å²) in [7, 11) is 3.16. The molecule has 1 amide bonds. The third kappa shape index (κ3) is 2.90. The number of aromatic amines is 1. The van der Waals surface area contributed by atoms with E-state index in [4.69, 9.17) is 9.47 Å². The van der Waals surface area contributed by atoms with Crippen LogP contribution in [0.3, 0.4) is 0 Å². The quantitative estimate of drug-likeness (QED) is 0.756. The first-order chi connectivity index (χ1) is 11.6. The third-order valence-electron chi connectivity index (χ3n) is 3.86. The summed E-state index contributed by atoms with van der Waals surface area (Å²) in [5.74, 6) is 1.00. The van der Waals surface area contributed by atoms with E-state index in [1.807, 2.05) is 43.3 Å². The summed E-state index contributed by atoms with van der Waals surface area (Å²) in [6.07, 6.45) is 0. The summed E-state index contributed by atoms with van der Waals surface area (Å²) in [6.45, 7) is 2.30. The number of para-hydroxylation sites is 1. The molecule has 0 aliphatic carbocycles. The van der Waals surface area contributed by atoms with Gasteiger partial charge in [0.2, 0.25) is 0 Å². The Morgan fingerprint density at radius 3 is 2.79 bits per heavy atom. The van der Waals surface area contributed by atoms with E-state index in [-0.39, 0.29) is 5.91 Å². The first-order valence-corrected chi connectivity index (χ1v) is 7.57. The number of rotatable bonds is 5. The molecule has 0 unspecified atom stereocenters. The summed E-state index contributed by atoms with van der Waals surface area (Å²) in [5, 5.41) is 10.7. The van der Waals surface area contributed by atoms with E-state index in [0.717, 1.165) is 22.0 Å². The van der Waals surface area contributed by atoms with E-state index < -0.39 is 0 Å². The van der Waals surface area contributed by atoms with E-state index >= 15 is 0 Å². The molecule has 0 atom stereocenters. The molecule has 2 N–H and O–H groups in total. The minimum Gasteiger partial charge on any atom is -0.493 e. The van der Waals surface area contributed by atoms with Crippen molar-refractivity contribution in [1.82, 2.24) is 15.5 Å². The third-order valence-corrected chi connectivity index (χ3v) is 3.86. The van der Waals surface area contributed by atoms with Crippen LogP contribution in [0.2, 0.25) is 0 Å². The number of carbonyl (C=O) groups excluding carboxylic acids is 1. The van der Waals surface area contributed by atoms with Crippen LogP contribution in [0.1, 0.15) is 21.6 Å². The molecule has 24 heavy (non-hydrogen) atoms. The zero-order chi connectivity index (χ0) is 17.1. The minimum absolute atomic E-state index is 0.239. The number of hydrogen-bond acceptors (Lipinski definition) is 4. The highest BCUT2D eigenvalue weighted by molar-refractivity contribution is 6.04. The number of aromatic nitrogens is 2. The molecule has 3 aromatic rings. The molecule has 0 aliphatic rings. The second kappa shape index (κ2) is 6.62. The van der Waals surface area contributed by atoms with Gasteiger partial charge in [0.05, 0.1) is 19.7 Å². The van der Waals surface area contributed by atoms with Gasteiger partial charge in [-0.2, -0.15) is 5.10 Å². The van der Waals surface area contributed by atoms with E-state index in [1.54, 1.807) is 14.2 Å². The molecule has 0 saturated carbocycles. The molecular weight excluding hydrogens is 306 g/mol. The van der Waals surface area contributed by atoms with Crippen molar-refractivity contribution < 1.29 is 14.3 Å². The maximum absolute atomic E-state index is 12.5. The number of fused-ring (bicyclic) bond motifs is 1. The van der Waals surface area contributed by atoms with Crippen LogP contribution in [0.5, 0.6) is 11.5 Å². The van der Waals surface area contributed by atoms with E-state index in [1.165, 1.54) is 0 Å². The summed E-state index contributed by atoms with van der Waals surface area (Å²) in [5.41, 5.74) is 3.13. The van der Waals surface area contributed by atoms with Crippen molar-refractivity contribution >= 4 is 16.8 Å². The number of benzene rings is 2. The number of methoxy groups -OCH3 is 2. The molecule has 124 valence electrons. The largest absolute Gasteiger partial charge is 0.493 e. The van der Waals surface area contributed by atoms with Crippen LogP contribution in [-0.4, -0.2) is 30.3 Å². The first-order valence-electron chi connectivity index (χ1n) is 7.57. The number of nitrogens with one attached hydrogen (secondary N) is 2. The summed E-state index contributed by atoms with van der Waals surface area (Å²) < 4.78 is 10.6. The van der Waals surface area contributed by atoms with Crippen molar-refractivity contribution in [2.45, 2.75) is 13.5 Å². The van der Waals surface area contributed by atoms with Crippen molar-refractivity contribution in [2.24, 2.45) is 0 Å². The van der Waals surface area contributed by atoms with Crippen LogP contribution < -0.4 is 14.8 Å². The van der Waals surface area contributed by atoms with Gasteiger partial charge in [0.25, 0.3) is 5.91 Å². The van der Waals surface area contributed by atoms with Crippen molar-refractivity contribution in [1.29, 1.82) is 0 Å². The van der Waals surface area contributed by atoms with Crippen molar-refractivity contribution in [3.8, 4) is 11.5 Å². The molecule has 3 rings (SSSR count). The molecule has 1 heterocycles. The highest BCUT2D eigenvalue weighted by Gasteiger charge is 2.15. The Kier molecular flexibility index (Phi) is 4.37. The minimum atomic E-state index is -0.239. The molecule has 1 aromatic heterocycles. The molecule has 0 fully saturated rings. The van der Waals surface area contributed by atoms with Gasteiger partial charge < -0.3 is 14.8 Å². The molecular formula is C18H19N3O3. The molecule has 6 heteroatoms. The number of amides is 1. The molecule has 6 nitrogen and oxygen atoms in total. The molecule has 0 radical (unpaired) electrons. The smallest absolute Gasteiger partial charge is 0.272 e. The fraction of sp³-hybridized carbons (Fsp3) is 0.222. The Bertz CT molecular complexity index is 886. The number of carbonyl (C=O) groups is 1. The fourth-order valence-electron chi connectivity index (χ4n) is 2.65. The molecule has 0 saturated heterocycles. The van der Waals surface area contributed by atoms with Gasteiger partial charge in [0, 0.05) is 17.5 Å². The average molecular weight is 325 g/mol. The first kappa shape index (κ1) is 15.9. The van der Waals surface area contributed by atoms with Crippen LogP contribution in [0.25, 0.3) is 10.9 Å². The topological polar surface area (TPSA) is 76.2 Å². The maximum atomic E-state index is 12.5. The van der Waals surface area contributed by atoms with Crippen molar-refractivity contribution in [3.63, 3.8) is 0 Å². The average Bonchev–Trinajstić information content (AvgIpc) is 3.02. The van der Waals surface area contributed by atoms with Crippen molar-refractivity contribution in [3.05, 3.63) is 53.2 Å². The predicted molar refractivity (Wildman–Crippen MR) is 91.5 cm³/mol. The second-order valence-electron chi connectivity index (χ2n) is 5.46. The lowest BCUT2D eigenvalue weighted by atomic mass is 10.1. The Hall–Kier alpha value is -3.02. The normalized spacial score (nSPS) is 10.6. The lowest BCUT2D eigenvalue weighted by Gasteiger charge is -2.12. The van der Waals surface area contributed by atoms with Gasteiger partial charge in [-0.05, 0) is 25.1 Å². The van der Waals surface area contributed by atoms with Crippen LogP contribution in [0, 0.1) is 6.92 Å². The standard InChI is InChI=1S/C18H19N3O3/c1-11-7-8-14-13(9-11)16(21-20-14)18(22)19-10-12-5-4-6-15(23-2)17(12)24-3/h4-9H,10H2,1-3H3,(H,19,22)(H,20,21). The fourth-order valence-corrected chi connectivity index (χ4v) is 2.65. The van der Waals surface area contributed by atoms with Gasteiger partial charge in [-0.15, -0.1) is 0 Å². The number of ether oxygens (including phenoxy) is 2. The molecule has 0 spiro atoms. The summed E-state index contributed by atoms with van der Waals surface area (Å²) in [4.78, 5) is 12.5. The number of H-pyrrole nitrogens is 1. The Morgan fingerprint density at radius 1 is 1.21 bits per heavy atom. The number of hydrogen-bond donors (Lipinski definition) is 2. The Labute approximate surface area is 139 Å². The van der Waals surface area contributed by atoms with E-state index in [0.29, 0.717) is 23.7 Å². The van der Waals surface area contributed by atoms with Gasteiger partial charge >= 0.3 is 0 Å². The second-order valence-corrected chi connectivity index (χ2v) is 5.46. The van der Waals surface area contributed by atoms with Crippen molar-refractivity contribution in [2.75, 3.05) is 14.2 Å². The zero-order valence-electron chi connectivity index (χ0n) is 13.8. The Balaban J connectivity index is 1.82. The monoisotopic (exact) mass is 325 g/mol. The SMILES string of the molecule is COc1cccc(CNC(=O)c2n[nH]c3ccc(C)cc23)c1OC. The highest BCUT2D eigenvalue weighted by atomic mass is 16.5. The molecule has 0 aliphatic heterocycles. The summed E-state index contributed by atoms with van der Waals surface area (Å²) >= 11 is 0. The molecule has 0 bridgehead atoms. The summed E-state index contributed by atoms with van der Waals surface area (Å²) in [6, 6.07) is 11.4. The maximum Gasteiger partial charge on any atom is 0.272 e. The lowest BCUT2D eigenvalue weighted by molar-refractivity contribution is 0.0947. The van der Waals surface area contributed by atoms with Gasteiger partial charge in [-0.25, -0.2) is 0 Å². The number of aryl methyl sites for hydroxylation is 1. The highest BCUT2D eigenvalue weighted by Crippen LogP contribution is 2.30. The molecule has 2 aromatic carbocycles. The van der Waals surface area contributed by atoms with Crippen LogP contribution in [0.4, 0.5) is 0 Å². The lowest BCUT2D eigenvalue weighted by Crippen LogP contribution is -2.23. The van der Waals surface area contributed by atoms with Gasteiger partial charge in [0.15, 0.2) is 17.2 Å². The van der Waals surface area contributed by atoms with E-state index in [9.17, 15) is 4.79 Å². The van der Waals surface area contributed by atoms with Crippen LogP contribution >= 0.6 is 0 Å². The predicted octanol–water partition coefficient (Wildman–Crippen LogP) is 2.82. The Morgan fingerprint density at radius 2 is 2.04 bits per heavy atom. The van der Waals surface area contributed by atoms with Gasteiger partial charge in [0.1, 0.15) is 0 Å². The number of nitrogens with zero attached hydrogens (tertiary/aromatic N) is 1.